The van der Waals surface area contributed by atoms with Gasteiger partial charge in [-0.05, 0) is 68.7 Å². The molecule has 2 atom stereocenters. The minimum Gasteiger partial charge on any atom is -0.494 e. The van der Waals surface area contributed by atoms with Crippen molar-refractivity contribution >= 4 is 18.0 Å². The summed E-state index contributed by atoms with van der Waals surface area (Å²) in [6, 6.07) is 7.63. The normalized spacial score (nSPS) is 12.8. The standard InChI is InChI=1S/C28H42O5/c1-6-13-24(7-2)26(33-28(30)22(3)4)14-11-9-8-10-12-21-32-25-18-15-23(16-19-25)17-20-27(29)31-5/h15-20,24,26H,3,6-14,21H2,1-2,4-5H3. The summed E-state index contributed by atoms with van der Waals surface area (Å²) in [5.41, 5.74) is 1.39. The predicted molar refractivity (Wildman–Crippen MR) is 134 cm³/mol. The first kappa shape index (κ1) is 28.5. The molecule has 0 bridgehead atoms. The average Bonchev–Trinajstić information content (AvgIpc) is 2.82. The average molecular weight is 459 g/mol. The number of benzene rings is 1. The van der Waals surface area contributed by atoms with E-state index in [-0.39, 0.29) is 18.0 Å². The van der Waals surface area contributed by atoms with E-state index in [2.05, 4.69) is 25.2 Å². The van der Waals surface area contributed by atoms with E-state index in [1.54, 1.807) is 13.0 Å². The maximum atomic E-state index is 12.0. The SMILES string of the molecule is C=C(C)C(=O)OC(CCCCCCCOc1ccc(C=CC(=O)OC)cc1)C(CC)CCC. The maximum Gasteiger partial charge on any atom is 0.333 e. The van der Waals surface area contributed by atoms with Crippen molar-refractivity contribution in [2.75, 3.05) is 13.7 Å². The molecule has 0 amide bonds. The van der Waals surface area contributed by atoms with Gasteiger partial charge in [-0.3, -0.25) is 0 Å². The second kappa shape index (κ2) is 17.0. The Morgan fingerprint density at radius 2 is 1.67 bits per heavy atom. The Balaban J connectivity index is 2.27. The van der Waals surface area contributed by atoms with Gasteiger partial charge in [-0.1, -0.05) is 58.2 Å². The van der Waals surface area contributed by atoms with Crippen molar-refractivity contribution in [1.82, 2.24) is 0 Å². The Bertz CT molecular complexity index is 735. The number of esters is 2. The Morgan fingerprint density at radius 1 is 1.00 bits per heavy atom. The predicted octanol–water partition coefficient (Wildman–Crippen LogP) is 6.91. The van der Waals surface area contributed by atoms with Gasteiger partial charge in [0, 0.05) is 11.6 Å². The van der Waals surface area contributed by atoms with E-state index in [1.165, 1.54) is 13.2 Å². The van der Waals surface area contributed by atoms with Gasteiger partial charge < -0.3 is 14.2 Å². The van der Waals surface area contributed by atoms with E-state index in [0.29, 0.717) is 18.1 Å². The van der Waals surface area contributed by atoms with E-state index in [4.69, 9.17) is 9.47 Å². The maximum absolute atomic E-state index is 12.0. The Morgan fingerprint density at radius 3 is 2.27 bits per heavy atom. The van der Waals surface area contributed by atoms with Crippen molar-refractivity contribution in [2.45, 2.75) is 84.7 Å². The molecule has 0 heterocycles. The molecular formula is C28H42O5. The fourth-order valence-corrected chi connectivity index (χ4v) is 3.73. The van der Waals surface area contributed by atoms with Crippen LogP contribution in [0.15, 0.2) is 42.5 Å². The van der Waals surface area contributed by atoms with E-state index >= 15 is 0 Å². The molecule has 1 rings (SSSR count). The van der Waals surface area contributed by atoms with Crippen LogP contribution in [0.3, 0.4) is 0 Å². The van der Waals surface area contributed by atoms with Gasteiger partial charge in [-0.15, -0.1) is 0 Å². The van der Waals surface area contributed by atoms with Crippen molar-refractivity contribution < 1.29 is 23.8 Å². The molecule has 1 aromatic rings. The highest BCUT2D eigenvalue weighted by Crippen LogP contribution is 2.24. The van der Waals surface area contributed by atoms with E-state index in [1.807, 2.05) is 24.3 Å². The first-order chi connectivity index (χ1) is 15.9. The van der Waals surface area contributed by atoms with Crippen molar-refractivity contribution in [3.05, 3.63) is 48.1 Å². The van der Waals surface area contributed by atoms with Crippen molar-refractivity contribution in [1.29, 1.82) is 0 Å². The second-order valence-electron chi connectivity index (χ2n) is 8.51. The molecule has 33 heavy (non-hydrogen) atoms. The number of hydrogen-bond donors (Lipinski definition) is 0. The molecule has 5 heteroatoms. The van der Waals surface area contributed by atoms with Gasteiger partial charge in [-0.25, -0.2) is 9.59 Å². The topological polar surface area (TPSA) is 61.8 Å². The molecule has 0 aliphatic rings. The van der Waals surface area contributed by atoms with Crippen LogP contribution < -0.4 is 4.74 Å². The third kappa shape index (κ3) is 12.3. The number of carbonyl (C=O) groups is 2. The molecule has 2 unspecified atom stereocenters. The summed E-state index contributed by atoms with van der Waals surface area (Å²) in [5.74, 6) is 0.618. The van der Waals surface area contributed by atoms with Crippen LogP contribution in [-0.4, -0.2) is 31.8 Å². The highest BCUT2D eigenvalue weighted by atomic mass is 16.5. The minimum absolute atomic E-state index is 0.00656. The molecule has 0 N–H and O–H groups in total. The lowest BCUT2D eigenvalue weighted by molar-refractivity contribution is -0.147. The van der Waals surface area contributed by atoms with Crippen molar-refractivity contribution in [3.63, 3.8) is 0 Å². The zero-order chi connectivity index (χ0) is 24.5. The second-order valence-corrected chi connectivity index (χ2v) is 8.51. The van der Waals surface area contributed by atoms with E-state index in [0.717, 1.165) is 69.1 Å². The monoisotopic (exact) mass is 458 g/mol. The lowest BCUT2D eigenvalue weighted by Gasteiger charge is -2.26. The quantitative estimate of drug-likeness (QED) is 0.144. The molecule has 0 aromatic heterocycles. The molecule has 0 aliphatic heterocycles. The zero-order valence-electron chi connectivity index (χ0n) is 20.9. The number of hydrogen-bond acceptors (Lipinski definition) is 5. The summed E-state index contributed by atoms with van der Waals surface area (Å²) < 4.78 is 16.2. The van der Waals surface area contributed by atoms with Crippen LogP contribution in [0.25, 0.3) is 6.08 Å². The van der Waals surface area contributed by atoms with Crippen LogP contribution in [-0.2, 0) is 19.1 Å². The molecular weight excluding hydrogens is 416 g/mol. The first-order valence-electron chi connectivity index (χ1n) is 12.3. The largest absolute Gasteiger partial charge is 0.494 e. The van der Waals surface area contributed by atoms with Crippen LogP contribution in [0.1, 0.15) is 84.1 Å². The van der Waals surface area contributed by atoms with Crippen LogP contribution >= 0.6 is 0 Å². The molecule has 0 radical (unpaired) electrons. The molecule has 5 nitrogen and oxygen atoms in total. The molecule has 0 spiro atoms. The smallest absolute Gasteiger partial charge is 0.333 e. The van der Waals surface area contributed by atoms with Crippen molar-refractivity contribution in [2.24, 2.45) is 5.92 Å². The van der Waals surface area contributed by atoms with Gasteiger partial charge in [-0.2, -0.15) is 0 Å². The molecule has 0 fully saturated rings. The molecule has 0 saturated carbocycles. The summed E-state index contributed by atoms with van der Waals surface area (Å²) in [7, 11) is 1.36. The van der Waals surface area contributed by atoms with Crippen molar-refractivity contribution in [3.8, 4) is 5.75 Å². The van der Waals surface area contributed by atoms with Gasteiger partial charge in [0.25, 0.3) is 0 Å². The summed E-state index contributed by atoms with van der Waals surface area (Å²) in [4.78, 5) is 23.2. The lowest BCUT2D eigenvalue weighted by atomic mass is 9.90. The number of carbonyl (C=O) groups excluding carboxylic acids is 2. The molecule has 1 aromatic carbocycles. The van der Waals surface area contributed by atoms with E-state index in [9.17, 15) is 9.59 Å². The lowest BCUT2D eigenvalue weighted by Crippen LogP contribution is -2.27. The zero-order valence-corrected chi connectivity index (χ0v) is 20.9. The number of unbranched alkanes of at least 4 members (excludes halogenated alkanes) is 4. The Hall–Kier alpha value is -2.56. The van der Waals surface area contributed by atoms with Gasteiger partial charge in [0.15, 0.2) is 0 Å². The number of rotatable bonds is 17. The summed E-state index contributed by atoms with van der Waals surface area (Å²) in [6.07, 6.45) is 12.7. The van der Waals surface area contributed by atoms with E-state index < -0.39 is 0 Å². The van der Waals surface area contributed by atoms with Gasteiger partial charge in [0.2, 0.25) is 0 Å². The first-order valence-corrected chi connectivity index (χ1v) is 12.3. The molecule has 0 aliphatic carbocycles. The van der Waals surface area contributed by atoms with Gasteiger partial charge >= 0.3 is 11.9 Å². The fraction of sp³-hybridized carbons (Fsp3) is 0.571. The fourth-order valence-electron chi connectivity index (χ4n) is 3.73. The summed E-state index contributed by atoms with van der Waals surface area (Å²) in [6.45, 7) is 10.5. The Labute approximate surface area is 200 Å². The minimum atomic E-state index is -0.370. The van der Waals surface area contributed by atoms with Crippen LogP contribution in [0, 0.1) is 5.92 Å². The molecule has 184 valence electrons. The summed E-state index contributed by atoms with van der Waals surface area (Å²) in [5, 5.41) is 0. The molecule has 0 saturated heterocycles. The third-order valence-corrected chi connectivity index (χ3v) is 5.71. The third-order valence-electron chi connectivity index (χ3n) is 5.71. The highest BCUT2D eigenvalue weighted by molar-refractivity contribution is 5.87. The number of ether oxygens (including phenoxy) is 3. The Kier molecular flexibility index (Phi) is 14.7. The summed E-state index contributed by atoms with van der Waals surface area (Å²) >= 11 is 0. The van der Waals surface area contributed by atoms with Crippen LogP contribution in [0.4, 0.5) is 0 Å². The van der Waals surface area contributed by atoms with Crippen LogP contribution in [0.5, 0.6) is 5.75 Å². The van der Waals surface area contributed by atoms with Crippen LogP contribution in [0.2, 0.25) is 0 Å². The van der Waals surface area contributed by atoms with Gasteiger partial charge in [0.1, 0.15) is 11.9 Å². The highest BCUT2D eigenvalue weighted by Gasteiger charge is 2.23. The van der Waals surface area contributed by atoms with Gasteiger partial charge in [0.05, 0.1) is 13.7 Å². The number of methoxy groups -OCH3 is 1.